The Hall–Kier alpha value is -1.62. The first-order valence-corrected chi connectivity index (χ1v) is 6.63. The van der Waals surface area contributed by atoms with Gasteiger partial charge in [-0.25, -0.2) is 4.79 Å². The predicted molar refractivity (Wildman–Crippen MR) is 74.6 cm³/mol. The number of benzene rings is 1. The normalized spacial score (nSPS) is 14.5. The maximum atomic E-state index is 11.7. The molecule has 1 saturated carbocycles. The molecule has 1 aromatic heterocycles. The van der Waals surface area contributed by atoms with E-state index in [-0.39, 0.29) is 6.03 Å². The van der Waals surface area contributed by atoms with Crippen molar-refractivity contribution in [2.45, 2.75) is 18.9 Å². The summed E-state index contributed by atoms with van der Waals surface area (Å²) in [5.74, 6) is 0. The smallest absolute Gasteiger partial charge is 0.319 e. The summed E-state index contributed by atoms with van der Waals surface area (Å²) in [5, 5.41) is 6.73. The van der Waals surface area contributed by atoms with Gasteiger partial charge in [-0.15, -0.1) is 0 Å². The summed E-state index contributed by atoms with van der Waals surface area (Å²) >= 11 is 3.39. The number of hydrogen-bond donors (Lipinski definition) is 2. The molecule has 2 aromatic rings. The summed E-state index contributed by atoms with van der Waals surface area (Å²) in [6.07, 6.45) is 3.88. The number of hydrogen-bond acceptors (Lipinski definition) is 2. The molecule has 2 N–H and O–H groups in total. The maximum absolute atomic E-state index is 11.7. The number of carbonyl (C=O) groups is 1. The molecule has 92 valence electrons. The number of fused-ring (bicyclic) bond motifs is 1. The Morgan fingerprint density at radius 2 is 2.22 bits per heavy atom. The molecule has 0 spiro atoms. The van der Waals surface area contributed by atoms with Crippen LogP contribution in [0.25, 0.3) is 10.9 Å². The molecule has 18 heavy (non-hydrogen) atoms. The molecule has 0 radical (unpaired) electrons. The Morgan fingerprint density at radius 3 is 3.00 bits per heavy atom. The third-order valence-corrected chi connectivity index (χ3v) is 3.27. The maximum Gasteiger partial charge on any atom is 0.319 e. The van der Waals surface area contributed by atoms with Gasteiger partial charge in [0.25, 0.3) is 0 Å². The minimum atomic E-state index is -0.158. The molecule has 4 nitrogen and oxygen atoms in total. The molecular weight excluding hydrogens is 294 g/mol. The Balaban J connectivity index is 1.88. The van der Waals surface area contributed by atoms with Gasteiger partial charge in [-0.05, 0) is 40.9 Å². The van der Waals surface area contributed by atoms with Gasteiger partial charge in [0, 0.05) is 22.1 Å². The molecule has 0 aliphatic heterocycles. The molecule has 0 unspecified atom stereocenters. The average molecular weight is 306 g/mol. The van der Waals surface area contributed by atoms with Crippen molar-refractivity contribution in [2.75, 3.05) is 5.32 Å². The summed E-state index contributed by atoms with van der Waals surface area (Å²) < 4.78 is 0.926. The van der Waals surface area contributed by atoms with Crippen molar-refractivity contribution >= 4 is 38.6 Å². The van der Waals surface area contributed by atoms with E-state index in [4.69, 9.17) is 0 Å². The van der Waals surface area contributed by atoms with Crippen LogP contribution in [0.2, 0.25) is 0 Å². The molecule has 0 saturated heterocycles. The second kappa shape index (κ2) is 4.57. The fourth-order valence-electron chi connectivity index (χ4n) is 1.81. The van der Waals surface area contributed by atoms with Gasteiger partial charge in [0.05, 0.1) is 11.2 Å². The number of nitrogens with one attached hydrogen (secondary N) is 2. The van der Waals surface area contributed by atoms with Gasteiger partial charge in [-0.1, -0.05) is 12.1 Å². The quantitative estimate of drug-likeness (QED) is 0.894. The van der Waals surface area contributed by atoms with E-state index in [1.165, 1.54) is 0 Å². The number of pyridine rings is 1. The largest absolute Gasteiger partial charge is 0.335 e. The Bertz CT molecular complexity index is 610. The second-order valence-corrected chi connectivity index (χ2v) is 5.32. The zero-order chi connectivity index (χ0) is 12.5. The fraction of sp³-hybridized carbons (Fsp3) is 0.231. The van der Waals surface area contributed by atoms with Gasteiger partial charge < -0.3 is 10.6 Å². The highest BCUT2D eigenvalue weighted by Gasteiger charge is 2.23. The summed E-state index contributed by atoms with van der Waals surface area (Å²) in [5.41, 5.74) is 1.53. The predicted octanol–water partition coefficient (Wildman–Crippen LogP) is 3.28. The number of urea groups is 1. The van der Waals surface area contributed by atoms with Crippen LogP contribution >= 0.6 is 15.9 Å². The van der Waals surface area contributed by atoms with Gasteiger partial charge in [-0.2, -0.15) is 0 Å². The lowest BCUT2D eigenvalue weighted by Crippen LogP contribution is -2.30. The average Bonchev–Trinajstić information content (AvgIpc) is 3.12. The van der Waals surface area contributed by atoms with Crippen LogP contribution in [-0.4, -0.2) is 17.1 Å². The number of amides is 2. The van der Waals surface area contributed by atoms with Crippen molar-refractivity contribution in [2.24, 2.45) is 0 Å². The summed E-state index contributed by atoms with van der Waals surface area (Å²) in [6.45, 7) is 0. The number of halogens is 1. The van der Waals surface area contributed by atoms with Gasteiger partial charge in [0.1, 0.15) is 0 Å². The van der Waals surface area contributed by atoms with E-state index in [2.05, 4.69) is 31.5 Å². The number of para-hydroxylation sites is 1. The molecule has 1 aliphatic rings. The summed E-state index contributed by atoms with van der Waals surface area (Å²) in [7, 11) is 0. The standard InChI is InChI=1S/C13H12BrN3O/c14-9-6-8-2-1-3-11(12(8)15-7-9)17-13(18)16-10-4-5-10/h1-3,6-7,10H,4-5H2,(H2,16,17,18). The van der Waals surface area contributed by atoms with E-state index in [0.29, 0.717) is 6.04 Å². The van der Waals surface area contributed by atoms with E-state index in [0.717, 1.165) is 33.9 Å². The molecular formula is C13H12BrN3O. The molecule has 2 amide bonds. The minimum Gasteiger partial charge on any atom is -0.335 e. The van der Waals surface area contributed by atoms with Gasteiger partial charge in [0.15, 0.2) is 0 Å². The van der Waals surface area contributed by atoms with Crippen molar-refractivity contribution in [1.82, 2.24) is 10.3 Å². The number of carbonyl (C=O) groups excluding carboxylic acids is 1. The molecule has 1 heterocycles. The Labute approximate surface area is 113 Å². The van der Waals surface area contributed by atoms with Crippen LogP contribution in [0.1, 0.15) is 12.8 Å². The zero-order valence-corrected chi connectivity index (χ0v) is 11.2. The van der Waals surface area contributed by atoms with Crippen molar-refractivity contribution in [3.8, 4) is 0 Å². The number of aromatic nitrogens is 1. The zero-order valence-electron chi connectivity index (χ0n) is 9.61. The molecule has 0 atom stereocenters. The van der Waals surface area contributed by atoms with Gasteiger partial charge in [-0.3, -0.25) is 4.98 Å². The molecule has 3 rings (SSSR count). The van der Waals surface area contributed by atoms with Crippen molar-refractivity contribution in [3.05, 3.63) is 34.9 Å². The number of anilines is 1. The molecule has 1 aliphatic carbocycles. The summed E-state index contributed by atoms with van der Waals surface area (Å²) in [6, 6.07) is 7.90. The van der Waals surface area contributed by atoms with Gasteiger partial charge >= 0.3 is 6.03 Å². The monoisotopic (exact) mass is 305 g/mol. The van der Waals surface area contributed by atoms with E-state index >= 15 is 0 Å². The van der Waals surface area contributed by atoms with Crippen molar-refractivity contribution < 1.29 is 4.79 Å². The van der Waals surface area contributed by atoms with Crippen LogP contribution in [-0.2, 0) is 0 Å². The Kier molecular flexibility index (Phi) is 2.91. The van der Waals surface area contributed by atoms with Crippen molar-refractivity contribution in [3.63, 3.8) is 0 Å². The van der Waals surface area contributed by atoms with Gasteiger partial charge in [0.2, 0.25) is 0 Å². The third-order valence-electron chi connectivity index (χ3n) is 2.84. The lowest BCUT2D eigenvalue weighted by atomic mass is 10.2. The van der Waals surface area contributed by atoms with Crippen LogP contribution < -0.4 is 10.6 Å². The molecule has 1 aromatic carbocycles. The van der Waals surface area contributed by atoms with Crippen LogP contribution in [0, 0.1) is 0 Å². The first kappa shape index (κ1) is 11.5. The number of rotatable bonds is 2. The van der Waals surface area contributed by atoms with E-state index in [1.807, 2.05) is 24.3 Å². The van der Waals surface area contributed by atoms with E-state index in [9.17, 15) is 4.79 Å². The second-order valence-electron chi connectivity index (χ2n) is 4.40. The van der Waals surface area contributed by atoms with Crippen LogP contribution in [0.5, 0.6) is 0 Å². The number of nitrogens with zero attached hydrogens (tertiary/aromatic N) is 1. The van der Waals surface area contributed by atoms with E-state index < -0.39 is 0 Å². The third kappa shape index (κ3) is 2.46. The summed E-state index contributed by atoms with van der Waals surface area (Å²) in [4.78, 5) is 16.1. The van der Waals surface area contributed by atoms with Crippen LogP contribution in [0.3, 0.4) is 0 Å². The highest BCUT2D eigenvalue weighted by Crippen LogP contribution is 2.24. The Morgan fingerprint density at radius 1 is 1.39 bits per heavy atom. The van der Waals surface area contributed by atoms with Crippen molar-refractivity contribution in [1.29, 1.82) is 0 Å². The topological polar surface area (TPSA) is 54.0 Å². The highest BCUT2D eigenvalue weighted by atomic mass is 79.9. The first-order chi connectivity index (χ1) is 8.72. The SMILES string of the molecule is O=C(Nc1cccc2cc(Br)cnc12)NC1CC1. The minimum absolute atomic E-state index is 0.158. The lowest BCUT2D eigenvalue weighted by molar-refractivity contribution is 0.252. The fourth-order valence-corrected chi connectivity index (χ4v) is 2.16. The molecule has 0 bridgehead atoms. The lowest BCUT2D eigenvalue weighted by Gasteiger charge is -2.09. The van der Waals surface area contributed by atoms with Crippen LogP contribution in [0.4, 0.5) is 10.5 Å². The molecule has 1 fully saturated rings. The highest BCUT2D eigenvalue weighted by molar-refractivity contribution is 9.10. The first-order valence-electron chi connectivity index (χ1n) is 5.84. The van der Waals surface area contributed by atoms with Crippen LogP contribution in [0.15, 0.2) is 34.9 Å². The van der Waals surface area contributed by atoms with E-state index in [1.54, 1.807) is 6.20 Å². The molecule has 5 heteroatoms.